The van der Waals surface area contributed by atoms with E-state index in [-0.39, 0.29) is 16.8 Å². The molecule has 1 atom stereocenters. The van der Waals surface area contributed by atoms with Gasteiger partial charge in [-0.15, -0.1) is 0 Å². The second-order valence-corrected chi connectivity index (χ2v) is 8.01. The van der Waals surface area contributed by atoms with Crippen molar-refractivity contribution in [1.82, 2.24) is 20.8 Å². The molecule has 134 valence electrons. The first kappa shape index (κ1) is 17.6. The second-order valence-electron chi connectivity index (χ2n) is 6.00. The van der Waals surface area contributed by atoms with Crippen LogP contribution >= 0.6 is 0 Å². The zero-order valence-electron chi connectivity index (χ0n) is 13.9. The van der Waals surface area contributed by atoms with Gasteiger partial charge in [-0.25, -0.2) is 8.42 Å². The number of nitrogens with zero attached hydrogens (tertiary/aromatic N) is 2. The number of hydrogen-bond acceptors (Lipinski definition) is 7. The normalized spacial score (nSPS) is 17.6. The zero-order chi connectivity index (χ0) is 17.9. The summed E-state index contributed by atoms with van der Waals surface area (Å²) in [4.78, 5) is 16.4. The molecule has 1 aromatic heterocycles. The molecule has 0 spiro atoms. The molecule has 1 unspecified atom stereocenters. The van der Waals surface area contributed by atoms with Crippen LogP contribution in [0.4, 0.5) is 0 Å². The molecular weight excluding hydrogens is 344 g/mol. The number of hydrogen-bond donors (Lipinski definition) is 2. The summed E-state index contributed by atoms with van der Waals surface area (Å²) in [5, 5.41) is 9.88. The molecule has 1 aliphatic rings. The topological polar surface area (TPSA) is 114 Å². The van der Waals surface area contributed by atoms with Gasteiger partial charge < -0.3 is 15.2 Å². The molecule has 0 aliphatic carbocycles. The van der Waals surface area contributed by atoms with Gasteiger partial charge in [-0.2, -0.15) is 4.98 Å². The lowest BCUT2D eigenvalue weighted by Gasteiger charge is -2.09. The van der Waals surface area contributed by atoms with E-state index in [2.05, 4.69) is 20.8 Å². The number of sulfone groups is 1. The van der Waals surface area contributed by atoms with Crippen molar-refractivity contribution in [2.75, 3.05) is 19.3 Å². The van der Waals surface area contributed by atoms with E-state index in [0.717, 1.165) is 25.6 Å². The molecule has 1 amide bonds. The fraction of sp³-hybridized carbons (Fsp3) is 0.438. The molecule has 9 heteroatoms. The maximum atomic E-state index is 11.9. The van der Waals surface area contributed by atoms with Crippen LogP contribution in [0.15, 0.2) is 33.7 Å². The van der Waals surface area contributed by atoms with E-state index in [1.165, 1.54) is 12.1 Å². The van der Waals surface area contributed by atoms with Crippen LogP contribution in [0.2, 0.25) is 0 Å². The third kappa shape index (κ3) is 4.43. The molecular formula is C16H20N4O4S. The van der Waals surface area contributed by atoms with E-state index in [9.17, 15) is 13.2 Å². The smallest absolute Gasteiger partial charge is 0.237 e. The number of benzene rings is 1. The Kier molecular flexibility index (Phi) is 5.14. The van der Waals surface area contributed by atoms with Crippen LogP contribution < -0.4 is 10.6 Å². The molecule has 2 N–H and O–H groups in total. The van der Waals surface area contributed by atoms with E-state index in [0.29, 0.717) is 30.2 Å². The second kappa shape index (κ2) is 7.32. The van der Waals surface area contributed by atoms with Gasteiger partial charge in [-0.1, -0.05) is 5.16 Å². The minimum atomic E-state index is -3.23. The highest BCUT2D eigenvalue weighted by Crippen LogP contribution is 2.18. The highest BCUT2D eigenvalue weighted by atomic mass is 32.2. The van der Waals surface area contributed by atoms with Crippen molar-refractivity contribution in [3.05, 3.63) is 30.2 Å². The molecule has 1 fully saturated rings. The Morgan fingerprint density at radius 3 is 2.76 bits per heavy atom. The number of carbonyl (C=O) groups excluding carboxylic acids is 1. The average molecular weight is 364 g/mol. The SMILES string of the molecule is CS(=O)(=O)c1ccc(-c2noc(CCNC(=O)C3CCCN3)n2)cc1. The average Bonchev–Trinajstić information content (AvgIpc) is 3.26. The lowest BCUT2D eigenvalue weighted by Crippen LogP contribution is -2.41. The zero-order valence-corrected chi connectivity index (χ0v) is 14.7. The van der Waals surface area contributed by atoms with Gasteiger partial charge in [0.1, 0.15) is 0 Å². The summed E-state index contributed by atoms with van der Waals surface area (Å²) in [6.07, 6.45) is 3.47. The van der Waals surface area contributed by atoms with Gasteiger partial charge in [0.05, 0.1) is 10.9 Å². The minimum Gasteiger partial charge on any atom is -0.354 e. The Morgan fingerprint density at radius 1 is 1.36 bits per heavy atom. The summed E-state index contributed by atoms with van der Waals surface area (Å²) in [6.45, 7) is 1.30. The monoisotopic (exact) mass is 364 g/mol. The number of amides is 1. The fourth-order valence-electron chi connectivity index (χ4n) is 2.65. The van der Waals surface area contributed by atoms with Crippen LogP contribution in [0, 0.1) is 0 Å². The Balaban J connectivity index is 1.56. The number of nitrogens with one attached hydrogen (secondary N) is 2. The Bertz CT molecular complexity index is 839. The van der Waals surface area contributed by atoms with E-state index in [1.807, 2.05) is 0 Å². The minimum absolute atomic E-state index is 0.00592. The Hall–Kier alpha value is -2.26. The standard InChI is InChI=1S/C16H20N4O4S/c1-25(22,23)12-6-4-11(5-7-12)15-19-14(24-20-15)8-10-18-16(21)13-3-2-9-17-13/h4-7,13,17H,2-3,8-10H2,1H3,(H,18,21). The Labute approximate surface area is 145 Å². The predicted molar refractivity (Wildman–Crippen MR) is 90.6 cm³/mol. The summed E-state index contributed by atoms with van der Waals surface area (Å²) < 4.78 is 28.1. The van der Waals surface area contributed by atoms with Crippen molar-refractivity contribution < 1.29 is 17.7 Å². The molecule has 0 saturated carbocycles. The Morgan fingerprint density at radius 2 is 2.12 bits per heavy atom. The molecule has 2 heterocycles. The molecule has 25 heavy (non-hydrogen) atoms. The largest absolute Gasteiger partial charge is 0.354 e. The summed E-state index contributed by atoms with van der Waals surface area (Å²) in [5.41, 5.74) is 0.668. The van der Waals surface area contributed by atoms with Crippen molar-refractivity contribution in [1.29, 1.82) is 0 Å². The van der Waals surface area contributed by atoms with Gasteiger partial charge in [-0.3, -0.25) is 4.79 Å². The van der Waals surface area contributed by atoms with E-state index < -0.39 is 9.84 Å². The maximum absolute atomic E-state index is 11.9. The quantitative estimate of drug-likeness (QED) is 0.769. The fourth-order valence-corrected chi connectivity index (χ4v) is 3.28. The first-order valence-corrected chi connectivity index (χ1v) is 9.97. The highest BCUT2D eigenvalue weighted by Gasteiger charge is 2.21. The van der Waals surface area contributed by atoms with E-state index in [4.69, 9.17) is 4.52 Å². The lowest BCUT2D eigenvalue weighted by molar-refractivity contribution is -0.122. The summed E-state index contributed by atoms with van der Waals surface area (Å²) in [6, 6.07) is 6.19. The van der Waals surface area contributed by atoms with Crippen LogP contribution in [0.1, 0.15) is 18.7 Å². The summed E-state index contributed by atoms with van der Waals surface area (Å²) >= 11 is 0. The molecule has 2 aromatic rings. The van der Waals surface area contributed by atoms with Crippen LogP contribution in [0.3, 0.4) is 0 Å². The molecule has 0 bridgehead atoms. The third-order valence-electron chi connectivity index (χ3n) is 4.02. The van der Waals surface area contributed by atoms with Gasteiger partial charge >= 0.3 is 0 Å². The number of aromatic nitrogens is 2. The van der Waals surface area contributed by atoms with Crippen molar-refractivity contribution >= 4 is 15.7 Å². The van der Waals surface area contributed by atoms with Gasteiger partial charge in [0.2, 0.25) is 17.6 Å². The third-order valence-corrected chi connectivity index (χ3v) is 5.15. The van der Waals surface area contributed by atoms with Gasteiger partial charge in [0, 0.05) is 24.8 Å². The van der Waals surface area contributed by atoms with Gasteiger partial charge in [-0.05, 0) is 43.7 Å². The van der Waals surface area contributed by atoms with Gasteiger partial charge in [0.25, 0.3) is 0 Å². The molecule has 1 saturated heterocycles. The van der Waals surface area contributed by atoms with Crippen molar-refractivity contribution in [2.45, 2.75) is 30.2 Å². The maximum Gasteiger partial charge on any atom is 0.237 e. The first-order chi connectivity index (χ1) is 11.9. The van der Waals surface area contributed by atoms with Gasteiger partial charge in [0.15, 0.2) is 9.84 Å². The van der Waals surface area contributed by atoms with Crippen LogP contribution in [0.25, 0.3) is 11.4 Å². The van der Waals surface area contributed by atoms with Crippen molar-refractivity contribution in [2.24, 2.45) is 0 Å². The van der Waals surface area contributed by atoms with Crippen LogP contribution in [0.5, 0.6) is 0 Å². The molecule has 3 rings (SSSR count). The molecule has 8 nitrogen and oxygen atoms in total. The van der Waals surface area contributed by atoms with E-state index in [1.54, 1.807) is 12.1 Å². The first-order valence-electron chi connectivity index (χ1n) is 8.07. The molecule has 1 aliphatic heterocycles. The summed E-state index contributed by atoms with van der Waals surface area (Å²) in [7, 11) is -3.23. The highest BCUT2D eigenvalue weighted by molar-refractivity contribution is 7.90. The van der Waals surface area contributed by atoms with Crippen LogP contribution in [-0.4, -0.2) is 49.9 Å². The van der Waals surface area contributed by atoms with Crippen molar-refractivity contribution in [3.63, 3.8) is 0 Å². The molecule has 1 aromatic carbocycles. The number of carbonyl (C=O) groups is 1. The van der Waals surface area contributed by atoms with E-state index >= 15 is 0 Å². The van der Waals surface area contributed by atoms with Crippen molar-refractivity contribution in [3.8, 4) is 11.4 Å². The van der Waals surface area contributed by atoms with Crippen LogP contribution in [-0.2, 0) is 21.1 Å². The lowest BCUT2D eigenvalue weighted by atomic mass is 10.2. The predicted octanol–water partition coefficient (Wildman–Crippen LogP) is 0.551. The number of rotatable bonds is 6. The molecule has 0 radical (unpaired) electrons. The summed E-state index contributed by atoms with van der Waals surface area (Å²) in [5.74, 6) is 0.800.